The maximum absolute atomic E-state index is 12.6. The highest BCUT2D eigenvalue weighted by Gasteiger charge is 2.12. The second-order valence-electron chi connectivity index (χ2n) is 4.21. The second-order valence-corrected chi connectivity index (χ2v) is 4.21. The van der Waals surface area contributed by atoms with E-state index in [9.17, 15) is 4.39 Å². The molecule has 0 aliphatic rings. The van der Waals surface area contributed by atoms with Gasteiger partial charge in [-0.05, 0) is 43.4 Å². The van der Waals surface area contributed by atoms with Crippen molar-refractivity contribution in [2.45, 2.75) is 25.7 Å². The summed E-state index contributed by atoms with van der Waals surface area (Å²) < 4.78 is 12.6. The third-order valence-corrected chi connectivity index (χ3v) is 3.05. The van der Waals surface area contributed by atoms with Crippen LogP contribution in [0.4, 0.5) is 10.1 Å². The molecule has 1 atom stereocenters. The van der Waals surface area contributed by atoms with Gasteiger partial charge in [-0.15, -0.1) is 0 Å². The molecular formula is C14H21FN2. The summed E-state index contributed by atoms with van der Waals surface area (Å²) in [6.45, 7) is 1.71. The Morgan fingerprint density at radius 2 is 2.00 bits per heavy atom. The summed E-state index contributed by atoms with van der Waals surface area (Å²) in [5.74, 6) is 0.231. The van der Waals surface area contributed by atoms with Crippen LogP contribution in [0.2, 0.25) is 0 Å². The Kier molecular flexibility index (Phi) is 5.67. The molecule has 0 fully saturated rings. The van der Waals surface area contributed by atoms with Crippen LogP contribution in [-0.4, -0.2) is 26.5 Å². The number of rotatable bonds is 6. The van der Waals surface area contributed by atoms with E-state index in [2.05, 4.69) is 22.4 Å². The molecule has 1 N–H and O–H groups in total. The average molecular weight is 236 g/mol. The van der Waals surface area contributed by atoms with Crippen molar-refractivity contribution in [3.05, 3.63) is 29.8 Å². The molecule has 17 heavy (non-hydrogen) atoms. The van der Waals surface area contributed by atoms with Gasteiger partial charge in [0, 0.05) is 25.5 Å². The van der Waals surface area contributed by atoms with E-state index in [1.165, 1.54) is 5.56 Å². The Morgan fingerprint density at radius 1 is 1.35 bits per heavy atom. The molecule has 0 saturated carbocycles. The van der Waals surface area contributed by atoms with Crippen LogP contribution < -0.4 is 5.32 Å². The maximum Gasteiger partial charge on any atom is 0.0900 e. The molecule has 0 aliphatic carbocycles. The van der Waals surface area contributed by atoms with Gasteiger partial charge in [0.1, 0.15) is 0 Å². The quantitative estimate of drug-likeness (QED) is 0.749. The van der Waals surface area contributed by atoms with Crippen LogP contribution in [0.15, 0.2) is 29.3 Å². The summed E-state index contributed by atoms with van der Waals surface area (Å²) in [5.41, 5.74) is 3.33. The molecule has 1 rings (SSSR count). The number of nitrogens with zero attached hydrogens (tertiary/aromatic N) is 1. The Morgan fingerprint density at radius 3 is 2.47 bits per heavy atom. The number of hydrogen-bond acceptors (Lipinski definition) is 2. The van der Waals surface area contributed by atoms with Crippen LogP contribution in [0.1, 0.15) is 31.2 Å². The number of alkyl halides is 1. The van der Waals surface area contributed by atoms with Crippen molar-refractivity contribution >= 4 is 11.4 Å². The van der Waals surface area contributed by atoms with Crippen LogP contribution >= 0.6 is 0 Å². The molecule has 0 radical (unpaired) electrons. The van der Waals surface area contributed by atoms with Gasteiger partial charge in [-0.1, -0.05) is 12.1 Å². The highest BCUT2D eigenvalue weighted by Crippen LogP contribution is 2.25. The highest BCUT2D eigenvalue weighted by atomic mass is 19.1. The first-order valence-electron chi connectivity index (χ1n) is 5.97. The summed E-state index contributed by atoms with van der Waals surface area (Å²) in [4.78, 5) is 4.15. The topological polar surface area (TPSA) is 24.4 Å². The van der Waals surface area contributed by atoms with E-state index in [0.717, 1.165) is 17.8 Å². The number of benzene rings is 1. The first-order valence-corrected chi connectivity index (χ1v) is 5.97. The van der Waals surface area contributed by atoms with Crippen molar-refractivity contribution in [2.24, 2.45) is 4.99 Å². The molecule has 0 aliphatic heterocycles. The first kappa shape index (κ1) is 13.7. The summed E-state index contributed by atoms with van der Waals surface area (Å²) in [6.07, 6.45) is 1.39. The number of halogens is 1. The largest absolute Gasteiger partial charge is 0.388 e. The molecule has 2 nitrogen and oxygen atoms in total. The molecule has 0 saturated heterocycles. The number of aliphatic imine (C=N–C) groups is 1. The molecule has 3 heteroatoms. The molecule has 0 spiro atoms. The summed E-state index contributed by atoms with van der Waals surface area (Å²) in [6, 6.07) is 8.18. The van der Waals surface area contributed by atoms with E-state index in [4.69, 9.17) is 0 Å². The van der Waals surface area contributed by atoms with Crippen molar-refractivity contribution < 1.29 is 4.39 Å². The third-order valence-electron chi connectivity index (χ3n) is 3.05. The normalized spacial score (nSPS) is 13.5. The van der Waals surface area contributed by atoms with Crippen LogP contribution in [0.3, 0.4) is 0 Å². The SMILES string of the molecule is C/N=C(/C)CC(CCF)c1ccc(NC)cc1. The Balaban J connectivity index is 2.81. The van der Waals surface area contributed by atoms with Gasteiger partial charge in [0.25, 0.3) is 0 Å². The van der Waals surface area contributed by atoms with E-state index in [1.54, 1.807) is 7.05 Å². The molecule has 1 aromatic carbocycles. The molecule has 0 heterocycles. The van der Waals surface area contributed by atoms with Crippen molar-refractivity contribution in [2.75, 3.05) is 26.1 Å². The molecule has 0 aromatic heterocycles. The van der Waals surface area contributed by atoms with Gasteiger partial charge in [0.2, 0.25) is 0 Å². The van der Waals surface area contributed by atoms with Crippen molar-refractivity contribution in [3.8, 4) is 0 Å². The fraction of sp³-hybridized carbons (Fsp3) is 0.500. The van der Waals surface area contributed by atoms with Crippen molar-refractivity contribution in [1.29, 1.82) is 0 Å². The number of anilines is 1. The van der Waals surface area contributed by atoms with Crippen LogP contribution in [-0.2, 0) is 0 Å². The van der Waals surface area contributed by atoms with Gasteiger partial charge >= 0.3 is 0 Å². The molecule has 0 bridgehead atoms. The zero-order valence-corrected chi connectivity index (χ0v) is 10.8. The lowest BCUT2D eigenvalue weighted by Gasteiger charge is -2.16. The molecule has 0 amide bonds. The lowest BCUT2D eigenvalue weighted by molar-refractivity contribution is 0.441. The van der Waals surface area contributed by atoms with E-state index in [1.807, 2.05) is 26.1 Å². The van der Waals surface area contributed by atoms with E-state index < -0.39 is 0 Å². The Hall–Kier alpha value is -1.38. The van der Waals surface area contributed by atoms with Crippen LogP contribution in [0.25, 0.3) is 0 Å². The Labute approximate surface area is 103 Å². The zero-order chi connectivity index (χ0) is 12.7. The van der Waals surface area contributed by atoms with Crippen LogP contribution in [0, 0.1) is 0 Å². The highest BCUT2D eigenvalue weighted by molar-refractivity contribution is 5.82. The predicted molar refractivity (Wildman–Crippen MR) is 73.0 cm³/mol. The molecule has 94 valence electrons. The van der Waals surface area contributed by atoms with Gasteiger partial charge in [0.05, 0.1) is 6.67 Å². The summed E-state index contributed by atoms with van der Waals surface area (Å²) >= 11 is 0. The summed E-state index contributed by atoms with van der Waals surface area (Å²) in [7, 11) is 3.67. The first-order chi connectivity index (χ1) is 8.21. The molecular weight excluding hydrogens is 215 g/mol. The predicted octanol–water partition coefficient (Wildman–Crippen LogP) is 3.65. The number of nitrogens with one attached hydrogen (secondary N) is 1. The Bertz CT molecular complexity index is 357. The van der Waals surface area contributed by atoms with E-state index >= 15 is 0 Å². The minimum Gasteiger partial charge on any atom is -0.388 e. The molecule has 1 unspecified atom stereocenters. The zero-order valence-electron chi connectivity index (χ0n) is 10.8. The number of hydrogen-bond donors (Lipinski definition) is 1. The minimum absolute atomic E-state index is 0.231. The fourth-order valence-corrected chi connectivity index (χ4v) is 1.89. The maximum atomic E-state index is 12.6. The monoisotopic (exact) mass is 236 g/mol. The fourth-order valence-electron chi connectivity index (χ4n) is 1.89. The van der Waals surface area contributed by atoms with Crippen LogP contribution in [0.5, 0.6) is 0 Å². The standard InChI is InChI=1S/C14H21FN2/c1-11(16-2)10-13(8-9-15)12-4-6-14(17-3)7-5-12/h4-7,13,17H,8-10H2,1-3H3/b16-11-. The smallest absolute Gasteiger partial charge is 0.0900 e. The van der Waals surface area contributed by atoms with Gasteiger partial charge in [0.15, 0.2) is 0 Å². The van der Waals surface area contributed by atoms with Gasteiger partial charge in [-0.25, -0.2) is 0 Å². The van der Waals surface area contributed by atoms with Gasteiger partial charge in [-0.2, -0.15) is 0 Å². The van der Waals surface area contributed by atoms with E-state index in [-0.39, 0.29) is 12.6 Å². The van der Waals surface area contributed by atoms with Gasteiger partial charge < -0.3 is 5.32 Å². The molecule has 1 aromatic rings. The van der Waals surface area contributed by atoms with Crippen molar-refractivity contribution in [3.63, 3.8) is 0 Å². The van der Waals surface area contributed by atoms with Crippen molar-refractivity contribution in [1.82, 2.24) is 0 Å². The third kappa shape index (κ3) is 4.17. The lowest BCUT2D eigenvalue weighted by Crippen LogP contribution is -2.06. The lowest BCUT2D eigenvalue weighted by atomic mass is 9.91. The van der Waals surface area contributed by atoms with E-state index in [0.29, 0.717) is 6.42 Å². The minimum atomic E-state index is -0.282. The second kappa shape index (κ2) is 7.05. The summed E-state index contributed by atoms with van der Waals surface area (Å²) in [5, 5.41) is 3.08. The van der Waals surface area contributed by atoms with Gasteiger partial charge in [-0.3, -0.25) is 9.38 Å². The average Bonchev–Trinajstić information content (AvgIpc) is 2.38.